The van der Waals surface area contributed by atoms with Gasteiger partial charge in [0.25, 0.3) is 0 Å². The van der Waals surface area contributed by atoms with Crippen molar-refractivity contribution in [2.24, 2.45) is 5.92 Å². The van der Waals surface area contributed by atoms with Gasteiger partial charge in [-0.1, -0.05) is 44.0 Å². The monoisotopic (exact) mass is 424 g/mol. The van der Waals surface area contributed by atoms with Crippen molar-refractivity contribution in [3.8, 4) is 0 Å². The van der Waals surface area contributed by atoms with Crippen molar-refractivity contribution in [1.29, 1.82) is 0 Å². The van der Waals surface area contributed by atoms with E-state index in [1.165, 1.54) is 38.9 Å². The summed E-state index contributed by atoms with van der Waals surface area (Å²) in [5.41, 5.74) is 0.939. The molecule has 1 aromatic carbocycles. The van der Waals surface area contributed by atoms with Crippen LogP contribution in [0.3, 0.4) is 0 Å². The Kier molecular flexibility index (Phi) is 14.0. The molecule has 2 N–H and O–H groups in total. The Bertz CT molecular complexity index is 465. The summed E-state index contributed by atoms with van der Waals surface area (Å²) in [6, 6.07) is 7.64. The molecule has 0 spiro atoms. The maximum atomic E-state index is 10.8. The smallest absolute Gasteiger partial charge is 0.0943 e. The van der Waals surface area contributed by atoms with Crippen LogP contribution in [0, 0.1) is 5.92 Å². The molecule has 1 aliphatic rings. The molecule has 2 unspecified atom stereocenters. The molecule has 1 heterocycles. The van der Waals surface area contributed by atoms with Gasteiger partial charge in [0.1, 0.15) is 0 Å². The van der Waals surface area contributed by atoms with Crippen LogP contribution >= 0.6 is 36.4 Å². The Balaban J connectivity index is 0.00000312. The zero-order chi connectivity index (χ0) is 17.4. The van der Waals surface area contributed by atoms with Crippen LogP contribution in [0.1, 0.15) is 57.6 Å². The predicted octanol–water partition coefficient (Wildman–Crippen LogP) is 5.10. The van der Waals surface area contributed by atoms with E-state index >= 15 is 0 Å². The number of nitrogens with zero attached hydrogens (tertiary/aromatic N) is 1. The molecule has 6 heteroatoms. The number of rotatable bonds is 9. The van der Waals surface area contributed by atoms with Crippen LogP contribution in [0.5, 0.6) is 0 Å². The molecule has 1 aliphatic heterocycles. The predicted molar refractivity (Wildman–Crippen MR) is 117 cm³/mol. The van der Waals surface area contributed by atoms with E-state index in [1.54, 1.807) is 0 Å². The summed E-state index contributed by atoms with van der Waals surface area (Å²) >= 11 is 5.95. The number of piperidine rings is 1. The lowest BCUT2D eigenvalue weighted by Crippen LogP contribution is -2.38. The maximum Gasteiger partial charge on any atom is 0.0943 e. The van der Waals surface area contributed by atoms with Crippen LogP contribution in [0.15, 0.2) is 24.3 Å². The van der Waals surface area contributed by atoms with Crippen LogP contribution in [-0.4, -0.2) is 42.2 Å². The third-order valence-electron chi connectivity index (χ3n) is 4.82. The number of nitrogens with one attached hydrogen (secondary N) is 1. The second-order valence-electron chi connectivity index (χ2n) is 7.44. The first-order chi connectivity index (χ1) is 11.6. The quantitative estimate of drug-likeness (QED) is 0.540. The van der Waals surface area contributed by atoms with Crippen molar-refractivity contribution in [2.75, 3.05) is 26.2 Å². The summed E-state index contributed by atoms with van der Waals surface area (Å²) in [5, 5.41) is 15.1. The summed E-state index contributed by atoms with van der Waals surface area (Å²) in [5.74, 6) is 0.548. The lowest BCUT2D eigenvalue weighted by Gasteiger charge is -2.28. The van der Waals surface area contributed by atoms with Gasteiger partial charge in [-0.05, 0) is 75.5 Å². The molecule has 0 aromatic heterocycles. The summed E-state index contributed by atoms with van der Waals surface area (Å²) in [6.45, 7) is 9.04. The van der Waals surface area contributed by atoms with Gasteiger partial charge in [0.15, 0.2) is 0 Å². The molecule has 0 aliphatic carbocycles. The zero-order valence-corrected chi connectivity index (χ0v) is 18.4. The Labute approximate surface area is 176 Å². The number of aliphatic hydroxyl groups excluding tert-OH is 1. The van der Waals surface area contributed by atoms with Crippen LogP contribution in [0.2, 0.25) is 5.02 Å². The fraction of sp³-hybridized carbons (Fsp3) is 0.700. The van der Waals surface area contributed by atoms with E-state index in [0.29, 0.717) is 10.9 Å². The van der Waals surface area contributed by atoms with Gasteiger partial charge in [0.2, 0.25) is 0 Å². The minimum Gasteiger partial charge on any atom is -0.387 e. The molecule has 1 aromatic rings. The molecular weight excluding hydrogens is 391 g/mol. The van der Waals surface area contributed by atoms with E-state index in [-0.39, 0.29) is 30.9 Å². The highest BCUT2D eigenvalue weighted by molar-refractivity contribution is 6.30. The molecular formula is C20H35Cl3N2O. The van der Waals surface area contributed by atoms with E-state index < -0.39 is 6.10 Å². The summed E-state index contributed by atoms with van der Waals surface area (Å²) < 4.78 is 0. The van der Waals surface area contributed by atoms with E-state index in [4.69, 9.17) is 11.6 Å². The summed E-state index contributed by atoms with van der Waals surface area (Å²) in [4.78, 5) is 2.57. The van der Waals surface area contributed by atoms with Gasteiger partial charge < -0.3 is 15.3 Å². The molecule has 0 amide bonds. The molecule has 3 nitrogen and oxygen atoms in total. The summed E-state index contributed by atoms with van der Waals surface area (Å²) in [7, 11) is 0. The minimum atomic E-state index is -0.486. The van der Waals surface area contributed by atoms with Crippen LogP contribution in [0.4, 0.5) is 0 Å². The first kappa shape index (κ1) is 26.0. The molecule has 152 valence electrons. The molecule has 0 bridgehead atoms. The van der Waals surface area contributed by atoms with Gasteiger partial charge in [-0.15, -0.1) is 24.8 Å². The molecule has 0 saturated carbocycles. The van der Waals surface area contributed by atoms with Crippen LogP contribution in [-0.2, 0) is 0 Å². The number of halogens is 3. The first-order valence-electron chi connectivity index (χ1n) is 9.45. The lowest BCUT2D eigenvalue weighted by molar-refractivity contribution is 0.115. The molecule has 1 fully saturated rings. The average molecular weight is 426 g/mol. The molecule has 26 heavy (non-hydrogen) atoms. The van der Waals surface area contributed by atoms with Crippen molar-refractivity contribution in [3.63, 3.8) is 0 Å². The zero-order valence-electron chi connectivity index (χ0n) is 16.0. The highest BCUT2D eigenvalue weighted by Gasteiger charge is 2.21. The van der Waals surface area contributed by atoms with Gasteiger partial charge in [0, 0.05) is 11.1 Å². The Morgan fingerprint density at radius 3 is 2.27 bits per heavy atom. The van der Waals surface area contributed by atoms with Crippen molar-refractivity contribution >= 4 is 36.4 Å². The van der Waals surface area contributed by atoms with Crippen molar-refractivity contribution in [2.45, 2.75) is 58.1 Å². The second-order valence-corrected chi connectivity index (χ2v) is 7.88. The summed E-state index contributed by atoms with van der Waals surface area (Å²) in [6.07, 6.45) is 5.70. The largest absolute Gasteiger partial charge is 0.387 e. The van der Waals surface area contributed by atoms with E-state index in [2.05, 4.69) is 24.1 Å². The number of hydrogen-bond donors (Lipinski definition) is 2. The van der Waals surface area contributed by atoms with Gasteiger partial charge in [-0.25, -0.2) is 0 Å². The molecule has 1 saturated heterocycles. The van der Waals surface area contributed by atoms with Gasteiger partial charge >= 0.3 is 0 Å². The van der Waals surface area contributed by atoms with Gasteiger partial charge in [-0.3, -0.25) is 0 Å². The fourth-order valence-electron chi connectivity index (χ4n) is 3.50. The highest BCUT2D eigenvalue weighted by atomic mass is 35.5. The normalized spacial score (nSPS) is 17.3. The lowest BCUT2D eigenvalue weighted by atomic mass is 9.94. The first-order valence-corrected chi connectivity index (χ1v) is 9.83. The van der Waals surface area contributed by atoms with E-state index in [9.17, 15) is 5.11 Å². The SMILES string of the molecule is CC(C)CC(NCCCN1CCCCC1)C(O)c1ccc(Cl)cc1.Cl.Cl. The van der Waals surface area contributed by atoms with Crippen LogP contribution < -0.4 is 5.32 Å². The van der Waals surface area contributed by atoms with Crippen molar-refractivity contribution in [1.82, 2.24) is 10.2 Å². The van der Waals surface area contributed by atoms with Crippen molar-refractivity contribution in [3.05, 3.63) is 34.9 Å². The minimum absolute atomic E-state index is 0. The molecule has 2 rings (SSSR count). The third-order valence-corrected chi connectivity index (χ3v) is 5.08. The third kappa shape index (κ3) is 9.25. The Morgan fingerprint density at radius 2 is 1.69 bits per heavy atom. The van der Waals surface area contributed by atoms with E-state index in [1.807, 2.05) is 24.3 Å². The Morgan fingerprint density at radius 1 is 1.08 bits per heavy atom. The fourth-order valence-corrected chi connectivity index (χ4v) is 3.62. The van der Waals surface area contributed by atoms with Gasteiger partial charge in [-0.2, -0.15) is 0 Å². The Hall–Kier alpha value is -0.0300. The van der Waals surface area contributed by atoms with Crippen molar-refractivity contribution < 1.29 is 5.11 Å². The number of aliphatic hydroxyl groups is 1. The average Bonchev–Trinajstić information content (AvgIpc) is 2.58. The maximum absolute atomic E-state index is 10.8. The number of likely N-dealkylation sites (tertiary alicyclic amines) is 1. The van der Waals surface area contributed by atoms with Crippen LogP contribution in [0.25, 0.3) is 0 Å². The van der Waals surface area contributed by atoms with Gasteiger partial charge in [0.05, 0.1) is 6.10 Å². The highest BCUT2D eigenvalue weighted by Crippen LogP contribution is 2.23. The second kappa shape index (κ2) is 14.0. The molecule has 0 radical (unpaired) electrons. The number of hydrogen-bond acceptors (Lipinski definition) is 3. The topological polar surface area (TPSA) is 35.5 Å². The van der Waals surface area contributed by atoms with E-state index in [0.717, 1.165) is 24.9 Å². The number of benzene rings is 1. The standard InChI is InChI=1S/C20H33ClN2O.2ClH/c1-16(2)15-19(20(24)17-7-9-18(21)10-8-17)22-11-6-14-23-12-4-3-5-13-23;;/h7-10,16,19-20,22,24H,3-6,11-15H2,1-2H3;2*1H. The molecule has 2 atom stereocenters.